The molecule has 0 radical (unpaired) electrons. The Labute approximate surface area is 149 Å². The highest BCUT2D eigenvalue weighted by molar-refractivity contribution is 6.30. The fourth-order valence-electron chi connectivity index (χ4n) is 2.98. The molecule has 1 amide bonds. The number of hydrogen-bond acceptors (Lipinski definition) is 4. The number of carboxylic acid groups (broad SMARTS) is 1. The van der Waals surface area contributed by atoms with E-state index in [1.807, 2.05) is 0 Å². The number of ether oxygens (including phenoxy) is 1. The molecule has 2 heterocycles. The summed E-state index contributed by atoms with van der Waals surface area (Å²) < 4.78 is 6.82. The van der Waals surface area contributed by atoms with Crippen molar-refractivity contribution in [3.05, 3.63) is 46.7 Å². The number of likely N-dealkylation sites (tertiary alicyclic amines) is 1. The maximum Gasteiger partial charge on any atom is 0.326 e. The van der Waals surface area contributed by atoms with Crippen LogP contribution in [0.15, 0.2) is 30.5 Å². The van der Waals surface area contributed by atoms with E-state index < -0.39 is 12.0 Å². The second-order valence-corrected chi connectivity index (χ2v) is 6.39. The van der Waals surface area contributed by atoms with Gasteiger partial charge >= 0.3 is 5.97 Å². The van der Waals surface area contributed by atoms with Gasteiger partial charge in [0.15, 0.2) is 0 Å². The quantitative estimate of drug-likeness (QED) is 0.899. The molecule has 0 saturated carbocycles. The van der Waals surface area contributed by atoms with E-state index in [1.165, 1.54) is 12.0 Å². The summed E-state index contributed by atoms with van der Waals surface area (Å²) in [7, 11) is 1.52. The highest BCUT2D eigenvalue weighted by Crippen LogP contribution is 2.24. The van der Waals surface area contributed by atoms with Gasteiger partial charge in [-0.15, -0.1) is 0 Å². The third kappa shape index (κ3) is 3.38. The van der Waals surface area contributed by atoms with Gasteiger partial charge in [0.25, 0.3) is 5.91 Å². The van der Waals surface area contributed by atoms with Crippen LogP contribution in [0.3, 0.4) is 0 Å². The first kappa shape index (κ1) is 17.4. The second kappa shape index (κ2) is 6.85. The minimum Gasteiger partial charge on any atom is -0.480 e. The number of rotatable bonds is 4. The molecule has 1 aliphatic rings. The predicted octanol–water partition coefficient (Wildman–Crippen LogP) is 2.15. The van der Waals surface area contributed by atoms with Crippen molar-refractivity contribution >= 4 is 23.5 Å². The van der Waals surface area contributed by atoms with Crippen molar-refractivity contribution in [3.63, 3.8) is 0 Å². The smallest absolute Gasteiger partial charge is 0.326 e. The zero-order chi connectivity index (χ0) is 18.1. The molecule has 2 unspecified atom stereocenters. The summed E-state index contributed by atoms with van der Waals surface area (Å²) in [6.45, 7) is 1.97. The van der Waals surface area contributed by atoms with E-state index >= 15 is 0 Å². The van der Waals surface area contributed by atoms with Gasteiger partial charge in [-0.1, -0.05) is 11.6 Å². The molecular formula is C17H18ClN3O4. The van der Waals surface area contributed by atoms with E-state index in [-0.39, 0.29) is 25.0 Å². The van der Waals surface area contributed by atoms with E-state index in [0.717, 1.165) is 5.69 Å². The normalized spacial score (nSPS) is 20.0. The molecule has 0 bridgehead atoms. The van der Waals surface area contributed by atoms with Gasteiger partial charge in [0.2, 0.25) is 0 Å². The molecule has 25 heavy (non-hydrogen) atoms. The molecular weight excluding hydrogens is 346 g/mol. The van der Waals surface area contributed by atoms with Crippen molar-refractivity contribution in [3.8, 4) is 5.69 Å². The fraction of sp³-hybridized carbons (Fsp3) is 0.353. The Morgan fingerprint density at radius 1 is 1.32 bits per heavy atom. The van der Waals surface area contributed by atoms with Crippen LogP contribution >= 0.6 is 11.6 Å². The number of nitrogens with zero attached hydrogens (tertiary/aromatic N) is 3. The number of carbonyl (C=O) groups excluding carboxylic acids is 1. The van der Waals surface area contributed by atoms with E-state index in [1.54, 1.807) is 42.1 Å². The van der Waals surface area contributed by atoms with Crippen molar-refractivity contribution in [2.24, 2.45) is 0 Å². The van der Waals surface area contributed by atoms with Gasteiger partial charge in [0, 0.05) is 31.3 Å². The van der Waals surface area contributed by atoms with Gasteiger partial charge in [0.05, 0.1) is 23.0 Å². The number of aryl methyl sites for hydroxylation is 1. The molecule has 0 spiro atoms. The van der Waals surface area contributed by atoms with Gasteiger partial charge in [0.1, 0.15) is 6.04 Å². The van der Waals surface area contributed by atoms with E-state index in [4.69, 9.17) is 16.3 Å². The molecule has 2 atom stereocenters. The second-order valence-electron chi connectivity index (χ2n) is 5.95. The van der Waals surface area contributed by atoms with E-state index in [2.05, 4.69) is 5.10 Å². The summed E-state index contributed by atoms with van der Waals surface area (Å²) in [5, 5.41) is 14.4. The Bertz CT molecular complexity index is 803. The molecule has 1 fully saturated rings. The van der Waals surface area contributed by atoms with Gasteiger partial charge < -0.3 is 14.7 Å². The summed E-state index contributed by atoms with van der Waals surface area (Å²) in [6.07, 6.45) is 1.61. The van der Waals surface area contributed by atoms with Crippen molar-refractivity contribution in [2.75, 3.05) is 13.7 Å². The van der Waals surface area contributed by atoms with Gasteiger partial charge in [-0.3, -0.25) is 4.79 Å². The Balaban J connectivity index is 1.89. The van der Waals surface area contributed by atoms with Crippen LogP contribution in [-0.4, -0.2) is 57.5 Å². The molecule has 132 valence electrons. The predicted molar refractivity (Wildman–Crippen MR) is 91.2 cm³/mol. The summed E-state index contributed by atoms with van der Waals surface area (Å²) in [5.41, 5.74) is 1.67. The number of aliphatic carboxylic acids is 1. The van der Waals surface area contributed by atoms with Crippen LogP contribution in [-0.2, 0) is 9.53 Å². The Morgan fingerprint density at radius 3 is 2.60 bits per heavy atom. The first-order valence-electron chi connectivity index (χ1n) is 7.79. The summed E-state index contributed by atoms with van der Waals surface area (Å²) >= 11 is 5.89. The minimum absolute atomic E-state index is 0.248. The third-order valence-corrected chi connectivity index (χ3v) is 4.61. The lowest BCUT2D eigenvalue weighted by Crippen LogP contribution is -2.40. The first-order valence-corrected chi connectivity index (χ1v) is 8.17. The van der Waals surface area contributed by atoms with Gasteiger partial charge in [-0.05, 0) is 31.2 Å². The lowest BCUT2D eigenvalue weighted by molar-refractivity contribution is -0.141. The first-order chi connectivity index (χ1) is 11.9. The zero-order valence-electron chi connectivity index (χ0n) is 13.8. The van der Waals surface area contributed by atoms with Crippen molar-refractivity contribution in [1.29, 1.82) is 0 Å². The highest BCUT2D eigenvalue weighted by Gasteiger charge is 2.40. The molecule has 1 aromatic carbocycles. The molecule has 3 rings (SSSR count). The monoisotopic (exact) mass is 363 g/mol. The maximum atomic E-state index is 12.9. The van der Waals surface area contributed by atoms with Crippen LogP contribution in [0.4, 0.5) is 0 Å². The molecule has 2 aromatic rings. The van der Waals surface area contributed by atoms with Crippen molar-refractivity contribution in [1.82, 2.24) is 14.7 Å². The van der Waals surface area contributed by atoms with Crippen LogP contribution in [0.1, 0.15) is 22.5 Å². The summed E-state index contributed by atoms with van der Waals surface area (Å²) in [5.74, 6) is -1.39. The van der Waals surface area contributed by atoms with Crippen molar-refractivity contribution in [2.45, 2.75) is 25.5 Å². The van der Waals surface area contributed by atoms with E-state index in [9.17, 15) is 14.7 Å². The molecule has 1 saturated heterocycles. The van der Waals surface area contributed by atoms with Gasteiger partial charge in [-0.25, -0.2) is 9.48 Å². The number of methoxy groups -OCH3 is 1. The number of carbonyl (C=O) groups is 2. The van der Waals surface area contributed by atoms with Crippen LogP contribution in [0.5, 0.6) is 0 Å². The molecule has 8 heteroatoms. The van der Waals surface area contributed by atoms with Crippen LogP contribution in [0, 0.1) is 6.92 Å². The molecule has 7 nitrogen and oxygen atoms in total. The number of carboxylic acids is 1. The number of amides is 1. The minimum atomic E-state index is -1.03. The highest BCUT2D eigenvalue weighted by atomic mass is 35.5. The largest absolute Gasteiger partial charge is 0.480 e. The number of halogens is 1. The SMILES string of the molecule is COC1CC(C(=O)O)N(C(=O)c2cn(-c3ccc(Cl)cc3)nc2C)C1. The average molecular weight is 364 g/mol. The summed E-state index contributed by atoms with van der Waals surface area (Å²) in [6, 6.07) is 6.16. The van der Waals surface area contributed by atoms with E-state index in [0.29, 0.717) is 16.3 Å². The number of aromatic nitrogens is 2. The molecule has 1 aromatic heterocycles. The fourth-order valence-corrected chi connectivity index (χ4v) is 3.10. The molecule has 1 N–H and O–H groups in total. The standard InChI is InChI=1S/C17H18ClN3O4/c1-10-14(9-21(19-10)12-5-3-11(18)4-6-12)16(22)20-8-13(25-2)7-15(20)17(23)24/h3-6,9,13,15H,7-8H2,1-2H3,(H,23,24). The zero-order valence-corrected chi connectivity index (χ0v) is 14.6. The Morgan fingerprint density at radius 2 is 2.00 bits per heavy atom. The molecule has 1 aliphatic heterocycles. The Hall–Kier alpha value is -2.38. The maximum absolute atomic E-state index is 12.9. The lowest BCUT2D eigenvalue weighted by atomic mass is 10.2. The topological polar surface area (TPSA) is 84.7 Å². The molecule has 0 aliphatic carbocycles. The lowest BCUT2D eigenvalue weighted by Gasteiger charge is -2.20. The third-order valence-electron chi connectivity index (χ3n) is 4.36. The average Bonchev–Trinajstić information content (AvgIpc) is 3.19. The van der Waals surface area contributed by atoms with Crippen molar-refractivity contribution < 1.29 is 19.4 Å². The Kier molecular flexibility index (Phi) is 4.78. The number of benzene rings is 1. The summed E-state index contributed by atoms with van der Waals surface area (Å²) in [4.78, 5) is 25.7. The van der Waals surface area contributed by atoms with Crippen LogP contribution in [0.2, 0.25) is 5.02 Å². The van der Waals surface area contributed by atoms with Gasteiger partial charge in [-0.2, -0.15) is 5.10 Å². The number of hydrogen-bond donors (Lipinski definition) is 1. The van der Waals surface area contributed by atoms with Crippen LogP contribution < -0.4 is 0 Å². The van der Waals surface area contributed by atoms with Crippen LogP contribution in [0.25, 0.3) is 5.69 Å².